The summed E-state index contributed by atoms with van der Waals surface area (Å²) in [5.41, 5.74) is 3.83. The molecule has 0 bridgehead atoms. The molecule has 0 unspecified atom stereocenters. The highest BCUT2D eigenvalue weighted by Gasteiger charge is 2.12. The molecule has 0 fully saturated rings. The van der Waals surface area contributed by atoms with E-state index in [-0.39, 0.29) is 5.91 Å². The van der Waals surface area contributed by atoms with E-state index in [1.807, 2.05) is 24.3 Å². The first-order valence-electron chi connectivity index (χ1n) is 6.76. The van der Waals surface area contributed by atoms with Gasteiger partial charge in [-0.15, -0.1) is 0 Å². The van der Waals surface area contributed by atoms with Crippen LogP contribution >= 0.6 is 0 Å². The van der Waals surface area contributed by atoms with Gasteiger partial charge in [-0.1, -0.05) is 32.0 Å². The molecule has 5 heteroatoms. The molecular formula is C15H20N4O. The minimum absolute atomic E-state index is 0.0965. The summed E-state index contributed by atoms with van der Waals surface area (Å²) in [4.78, 5) is 16.6. The zero-order valence-corrected chi connectivity index (χ0v) is 11.8. The Hall–Kier alpha value is -2.14. The molecule has 4 N–H and O–H groups in total. The predicted octanol–water partition coefficient (Wildman–Crippen LogP) is 2.30. The second kappa shape index (κ2) is 6.34. The van der Waals surface area contributed by atoms with Gasteiger partial charge in [0, 0.05) is 11.9 Å². The number of carbonyl (C=O) groups excluding carboxylic acids is 1. The fourth-order valence-corrected chi connectivity index (χ4v) is 2.01. The lowest BCUT2D eigenvalue weighted by molar-refractivity contribution is 0.0953. The van der Waals surface area contributed by atoms with Crippen LogP contribution in [-0.4, -0.2) is 17.4 Å². The fraction of sp³-hybridized carbons (Fsp3) is 0.333. The number of pyridine rings is 1. The Kier molecular flexibility index (Phi) is 4.53. The topological polar surface area (TPSA) is 80.0 Å². The molecule has 0 spiro atoms. The van der Waals surface area contributed by atoms with Gasteiger partial charge in [0.2, 0.25) is 0 Å². The number of anilines is 1. The Morgan fingerprint density at radius 2 is 2.10 bits per heavy atom. The molecule has 5 nitrogen and oxygen atoms in total. The number of nitrogens with one attached hydrogen (secondary N) is 2. The summed E-state index contributed by atoms with van der Waals surface area (Å²) < 4.78 is 0. The van der Waals surface area contributed by atoms with E-state index in [0.29, 0.717) is 23.8 Å². The summed E-state index contributed by atoms with van der Waals surface area (Å²) in [5, 5.41) is 3.77. The highest BCUT2D eigenvalue weighted by Crippen LogP contribution is 2.20. The van der Waals surface area contributed by atoms with E-state index in [9.17, 15) is 4.79 Å². The maximum Gasteiger partial charge on any atom is 0.252 e. The van der Waals surface area contributed by atoms with Crippen LogP contribution in [0.15, 0.2) is 30.3 Å². The molecule has 0 saturated carbocycles. The number of aromatic nitrogens is 1. The number of benzene rings is 1. The summed E-state index contributed by atoms with van der Waals surface area (Å²) in [6.45, 7) is 4.92. The molecule has 0 aliphatic heterocycles. The maximum absolute atomic E-state index is 12.3. The molecule has 1 aromatic heterocycles. The fourth-order valence-electron chi connectivity index (χ4n) is 2.01. The quantitative estimate of drug-likeness (QED) is 0.576. The Morgan fingerprint density at radius 1 is 1.35 bits per heavy atom. The Labute approximate surface area is 118 Å². The first-order valence-corrected chi connectivity index (χ1v) is 6.76. The van der Waals surface area contributed by atoms with Crippen molar-refractivity contribution < 1.29 is 4.79 Å². The molecule has 0 aliphatic rings. The molecule has 20 heavy (non-hydrogen) atoms. The van der Waals surface area contributed by atoms with E-state index in [0.717, 1.165) is 17.3 Å². The highest BCUT2D eigenvalue weighted by atomic mass is 16.1. The summed E-state index contributed by atoms with van der Waals surface area (Å²) in [6.07, 6.45) is 0.955. The van der Waals surface area contributed by atoms with Gasteiger partial charge in [-0.3, -0.25) is 4.79 Å². The smallest absolute Gasteiger partial charge is 0.252 e. The molecule has 0 atom stereocenters. The maximum atomic E-state index is 12.3. The molecule has 1 aromatic carbocycles. The van der Waals surface area contributed by atoms with Crippen LogP contribution in [0.25, 0.3) is 10.9 Å². The van der Waals surface area contributed by atoms with E-state index in [1.54, 1.807) is 6.07 Å². The number of nitrogens with zero attached hydrogens (tertiary/aromatic N) is 1. The van der Waals surface area contributed by atoms with Crippen molar-refractivity contribution in [2.75, 3.05) is 12.0 Å². The van der Waals surface area contributed by atoms with Gasteiger partial charge in [0.1, 0.15) is 5.82 Å². The average Bonchev–Trinajstić information content (AvgIpc) is 2.45. The number of nitrogens with two attached hydrogens (primary N) is 1. The minimum Gasteiger partial charge on any atom is -0.352 e. The summed E-state index contributed by atoms with van der Waals surface area (Å²) in [5.74, 6) is 6.35. The average molecular weight is 272 g/mol. The number of rotatable bonds is 5. The molecule has 0 aliphatic carbocycles. The van der Waals surface area contributed by atoms with Gasteiger partial charge in [0.05, 0.1) is 11.1 Å². The van der Waals surface area contributed by atoms with Crippen molar-refractivity contribution in [2.24, 2.45) is 11.8 Å². The SMILES string of the molecule is CC(C)CCNC(=O)c1cc(NN)nc2ccccc12. The van der Waals surface area contributed by atoms with Crippen LogP contribution < -0.4 is 16.6 Å². The van der Waals surface area contributed by atoms with Crippen LogP contribution in [-0.2, 0) is 0 Å². The first kappa shape index (κ1) is 14.3. The lowest BCUT2D eigenvalue weighted by Crippen LogP contribution is -2.26. The number of hydrazine groups is 1. The third-order valence-corrected chi connectivity index (χ3v) is 3.12. The summed E-state index contributed by atoms with van der Waals surface area (Å²) in [6, 6.07) is 9.20. The van der Waals surface area contributed by atoms with Crippen molar-refractivity contribution in [3.8, 4) is 0 Å². The largest absolute Gasteiger partial charge is 0.352 e. The van der Waals surface area contributed by atoms with Crippen molar-refractivity contribution in [1.82, 2.24) is 10.3 Å². The number of amides is 1. The zero-order valence-electron chi connectivity index (χ0n) is 11.8. The van der Waals surface area contributed by atoms with Crippen molar-refractivity contribution in [2.45, 2.75) is 20.3 Å². The number of fused-ring (bicyclic) bond motifs is 1. The van der Waals surface area contributed by atoms with Crippen molar-refractivity contribution >= 4 is 22.6 Å². The van der Waals surface area contributed by atoms with Gasteiger partial charge in [-0.25, -0.2) is 10.8 Å². The Bertz CT molecular complexity index is 610. The second-order valence-electron chi connectivity index (χ2n) is 5.15. The molecule has 0 radical (unpaired) electrons. The van der Waals surface area contributed by atoms with Crippen LogP contribution in [0.3, 0.4) is 0 Å². The highest BCUT2D eigenvalue weighted by molar-refractivity contribution is 6.06. The molecule has 2 rings (SSSR count). The van der Waals surface area contributed by atoms with Crippen molar-refractivity contribution in [1.29, 1.82) is 0 Å². The monoisotopic (exact) mass is 272 g/mol. The summed E-state index contributed by atoms with van der Waals surface area (Å²) in [7, 11) is 0. The summed E-state index contributed by atoms with van der Waals surface area (Å²) >= 11 is 0. The van der Waals surface area contributed by atoms with E-state index in [2.05, 4.69) is 29.6 Å². The molecule has 1 heterocycles. The Morgan fingerprint density at radius 3 is 2.80 bits per heavy atom. The molecule has 1 amide bonds. The standard InChI is InChI=1S/C15H20N4O/c1-10(2)7-8-17-15(20)12-9-14(19-16)18-13-6-4-3-5-11(12)13/h3-6,9-10H,7-8,16H2,1-2H3,(H,17,20)(H,18,19). The van der Waals surface area contributed by atoms with Gasteiger partial charge in [-0.2, -0.15) is 0 Å². The van der Waals surface area contributed by atoms with Gasteiger partial charge >= 0.3 is 0 Å². The third-order valence-electron chi connectivity index (χ3n) is 3.12. The van der Waals surface area contributed by atoms with Gasteiger partial charge in [0.25, 0.3) is 5.91 Å². The van der Waals surface area contributed by atoms with E-state index in [1.165, 1.54) is 0 Å². The van der Waals surface area contributed by atoms with Crippen LogP contribution in [0.5, 0.6) is 0 Å². The number of hydrogen-bond donors (Lipinski definition) is 3. The van der Waals surface area contributed by atoms with E-state index < -0.39 is 0 Å². The number of para-hydroxylation sites is 1. The van der Waals surface area contributed by atoms with E-state index >= 15 is 0 Å². The Balaban J connectivity index is 2.29. The molecular weight excluding hydrogens is 252 g/mol. The number of nitrogen functional groups attached to an aromatic ring is 1. The minimum atomic E-state index is -0.0965. The second-order valence-corrected chi connectivity index (χ2v) is 5.15. The van der Waals surface area contributed by atoms with Crippen molar-refractivity contribution in [3.05, 3.63) is 35.9 Å². The molecule has 106 valence electrons. The molecule has 0 saturated heterocycles. The van der Waals surface area contributed by atoms with Crippen molar-refractivity contribution in [3.63, 3.8) is 0 Å². The van der Waals surface area contributed by atoms with Crippen LogP contribution in [0.1, 0.15) is 30.6 Å². The third kappa shape index (κ3) is 3.24. The van der Waals surface area contributed by atoms with Gasteiger partial charge < -0.3 is 10.7 Å². The van der Waals surface area contributed by atoms with Crippen LogP contribution in [0, 0.1) is 5.92 Å². The number of carbonyl (C=O) groups is 1. The number of hydrogen-bond acceptors (Lipinski definition) is 4. The van der Waals surface area contributed by atoms with Crippen LogP contribution in [0.2, 0.25) is 0 Å². The zero-order chi connectivity index (χ0) is 14.5. The van der Waals surface area contributed by atoms with Gasteiger partial charge in [-0.05, 0) is 24.5 Å². The lowest BCUT2D eigenvalue weighted by atomic mass is 10.1. The normalized spacial score (nSPS) is 10.8. The van der Waals surface area contributed by atoms with Crippen LogP contribution in [0.4, 0.5) is 5.82 Å². The first-order chi connectivity index (χ1) is 9.61. The lowest BCUT2D eigenvalue weighted by Gasteiger charge is -2.10. The predicted molar refractivity (Wildman–Crippen MR) is 81.3 cm³/mol. The van der Waals surface area contributed by atoms with E-state index in [4.69, 9.17) is 5.84 Å². The van der Waals surface area contributed by atoms with Gasteiger partial charge in [0.15, 0.2) is 0 Å². The molecule has 2 aromatic rings.